The van der Waals surface area contributed by atoms with E-state index in [0.29, 0.717) is 16.8 Å². The summed E-state index contributed by atoms with van der Waals surface area (Å²) in [5.41, 5.74) is 2.26. The zero-order valence-corrected chi connectivity index (χ0v) is 13.8. The van der Waals surface area contributed by atoms with Gasteiger partial charge in [0.15, 0.2) is 5.69 Å². The first-order chi connectivity index (χ1) is 12.5. The van der Waals surface area contributed by atoms with Crippen LogP contribution in [0.5, 0.6) is 11.5 Å². The molecular formula is C19H15N3O4. The van der Waals surface area contributed by atoms with Crippen molar-refractivity contribution in [1.82, 2.24) is 0 Å². The maximum atomic E-state index is 11.2. The van der Waals surface area contributed by atoms with Crippen LogP contribution in [0.3, 0.4) is 0 Å². The molecule has 0 unspecified atom stereocenters. The Morgan fingerprint density at radius 2 is 1.62 bits per heavy atom. The maximum Gasteiger partial charge on any atom is 0.296 e. The lowest BCUT2D eigenvalue weighted by atomic mass is 10.0. The Morgan fingerprint density at radius 1 is 0.885 bits per heavy atom. The minimum absolute atomic E-state index is 0.0550. The van der Waals surface area contributed by atoms with Gasteiger partial charge >= 0.3 is 0 Å². The van der Waals surface area contributed by atoms with E-state index in [4.69, 9.17) is 0 Å². The van der Waals surface area contributed by atoms with Gasteiger partial charge in [-0.15, -0.1) is 10.2 Å². The normalized spacial score (nSPS) is 11.0. The van der Waals surface area contributed by atoms with Crippen molar-refractivity contribution in [3.63, 3.8) is 0 Å². The smallest absolute Gasteiger partial charge is 0.296 e. The van der Waals surface area contributed by atoms with Gasteiger partial charge in [-0.2, -0.15) is 0 Å². The van der Waals surface area contributed by atoms with Gasteiger partial charge in [-0.05, 0) is 36.8 Å². The summed E-state index contributed by atoms with van der Waals surface area (Å²) < 4.78 is 0. The number of benzene rings is 3. The Labute approximate surface area is 149 Å². The zero-order chi connectivity index (χ0) is 18.7. The lowest BCUT2D eigenvalue weighted by Gasteiger charge is -2.07. The molecule has 0 saturated carbocycles. The number of nitro benzene ring substituents is 1. The van der Waals surface area contributed by atoms with E-state index in [-0.39, 0.29) is 22.9 Å². The molecule has 0 spiro atoms. The first-order valence-corrected chi connectivity index (χ1v) is 7.74. The van der Waals surface area contributed by atoms with Crippen LogP contribution in [0, 0.1) is 17.0 Å². The van der Waals surface area contributed by atoms with Gasteiger partial charge < -0.3 is 10.2 Å². The summed E-state index contributed by atoms with van der Waals surface area (Å²) in [5, 5.41) is 38.9. The van der Waals surface area contributed by atoms with Crippen LogP contribution in [0.2, 0.25) is 0 Å². The second-order valence-corrected chi connectivity index (χ2v) is 5.67. The molecule has 0 bridgehead atoms. The summed E-state index contributed by atoms with van der Waals surface area (Å²) in [5.74, 6) is -0.158. The molecule has 3 rings (SSSR count). The van der Waals surface area contributed by atoms with Gasteiger partial charge in [-0.1, -0.05) is 24.3 Å². The largest absolute Gasteiger partial charge is 0.508 e. The fourth-order valence-electron chi connectivity index (χ4n) is 2.51. The SMILES string of the molecule is Cc1ccc(N=Nc2ccccc2-c2ccc(O)cc2O)c([N+](=O)[O-])c1. The molecular weight excluding hydrogens is 334 g/mol. The molecule has 0 fully saturated rings. The minimum Gasteiger partial charge on any atom is -0.508 e. The number of rotatable bonds is 4. The molecule has 0 aliphatic heterocycles. The molecule has 26 heavy (non-hydrogen) atoms. The Bertz CT molecular complexity index is 1020. The molecule has 0 aliphatic rings. The van der Waals surface area contributed by atoms with Crippen molar-refractivity contribution in [1.29, 1.82) is 0 Å². The lowest BCUT2D eigenvalue weighted by Crippen LogP contribution is -1.89. The molecule has 130 valence electrons. The average Bonchev–Trinajstić information content (AvgIpc) is 2.61. The zero-order valence-electron chi connectivity index (χ0n) is 13.8. The fraction of sp³-hybridized carbons (Fsp3) is 0.0526. The quantitative estimate of drug-likeness (QED) is 0.373. The van der Waals surface area contributed by atoms with Crippen molar-refractivity contribution in [3.8, 4) is 22.6 Å². The number of azo groups is 1. The van der Waals surface area contributed by atoms with Gasteiger partial charge in [-0.25, -0.2) is 0 Å². The van der Waals surface area contributed by atoms with Crippen molar-refractivity contribution < 1.29 is 15.1 Å². The van der Waals surface area contributed by atoms with Crippen LogP contribution in [0.15, 0.2) is 70.9 Å². The third-order valence-corrected chi connectivity index (χ3v) is 3.77. The molecule has 7 nitrogen and oxygen atoms in total. The molecule has 0 radical (unpaired) electrons. The highest BCUT2D eigenvalue weighted by atomic mass is 16.6. The van der Waals surface area contributed by atoms with E-state index in [9.17, 15) is 20.3 Å². The molecule has 3 aromatic carbocycles. The molecule has 0 amide bonds. The van der Waals surface area contributed by atoms with Crippen LogP contribution in [-0.2, 0) is 0 Å². The number of hydrogen-bond donors (Lipinski definition) is 2. The number of hydrogen-bond acceptors (Lipinski definition) is 6. The van der Waals surface area contributed by atoms with Crippen molar-refractivity contribution in [3.05, 3.63) is 76.3 Å². The highest BCUT2D eigenvalue weighted by Gasteiger charge is 2.14. The third-order valence-electron chi connectivity index (χ3n) is 3.77. The van der Waals surface area contributed by atoms with Gasteiger partial charge in [0, 0.05) is 23.3 Å². The topological polar surface area (TPSA) is 108 Å². The van der Waals surface area contributed by atoms with Crippen LogP contribution in [0.4, 0.5) is 17.1 Å². The summed E-state index contributed by atoms with van der Waals surface area (Å²) in [4.78, 5) is 10.7. The standard InChI is InChI=1S/C19H15N3O4/c1-12-6-9-17(18(10-12)22(25)26)21-20-16-5-3-2-4-14(16)15-8-7-13(23)11-19(15)24/h2-11,23-24H,1H3. The number of nitro groups is 1. The molecule has 0 aliphatic carbocycles. The van der Waals surface area contributed by atoms with E-state index < -0.39 is 4.92 Å². The van der Waals surface area contributed by atoms with Crippen molar-refractivity contribution in [2.24, 2.45) is 10.2 Å². The summed E-state index contributed by atoms with van der Waals surface area (Å²) in [6.07, 6.45) is 0. The van der Waals surface area contributed by atoms with Gasteiger partial charge in [0.1, 0.15) is 11.5 Å². The van der Waals surface area contributed by atoms with Crippen molar-refractivity contribution in [2.45, 2.75) is 6.92 Å². The summed E-state index contributed by atoms with van der Waals surface area (Å²) in [7, 11) is 0. The van der Waals surface area contributed by atoms with E-state index in [2.05, 4.69) is 10.2 Å². The number of phenols is 2. The second-order valence-electron chi connectivity index (χ2n) is 5.67. The van der Waals surface area contributed by atoms with E-state index in [1.54, 1.807) is 43.3 Å². The number of aryl methyl sites for hydroxylation is 1. The maximum absolute atomic E-state index is 11.2. The number of nitrogens with zero attached hydrogens (tertiary/aromatic N) is 3. The minimum atomic E-state index is -0.501. The predicted octanol–water partition coefficient (Wildman–Crippen LogP) is 5.40. The highest BCUT2D eigenvalue weighted by Crippen LogP contribution is 2.38. The van der Waals surface area contributed by atoms with Crippen LogP contribution in [0.1, 0.15) is 5.56 Å². The molecule has 0 heterocycles. The van der Waals surface area contributed by atoms with E-state index in [0.717, 1.165) is 5.56 Å². The van der Waals surface area contributed by atoms with E-state index in [1.807, 2.05) is 0 Å². The molecule has 3 aromatic rings. The van der Waals surface area contributed by atoms with E-state index in [1.165, 1.54) is 24.3 Å². The third kappa shape index (κ3) is 3.51. The van der Waals surface area contributed by atoms with E-state index >= 15 is 0 Å². The summed E-state index contributed by atoms with van der Waals surface area (Å²) in [6, 6.07) is 15.9. The summed E-state index contributed by atoms with van der Waals surface area (Å²) >= 11 is 0. The molecule has 0 saturated heterocycles. The predicted molar refractivity (Wildman–Crippen MR) is 97.2 cm³/mol. The molecule has 0 aromatic heterocycles. The van der Waals surface area contributed by atoms with Gasteiger partial charge in [0.05, 0.1) is 10.6 Å². The van der Waals surface area contributed by atoms with Crippen LogP contribution < -0.4 is 0 Å². The average molecular weight is 349 g/mol. The lowest BCUT2D eigenvalue weighted by molar-refractivity contribution is -0.384. The monoisotopic (exact) mass is 349 g/mol. The van der Waals surface area contributed by atoms with Gasteiger partial charge in [0.2, 0.25) is 0 Å². The fourth-order valence-corrected chi connectivity index (χ4v) is 2.51. The Balaban J connectivity index is 2.05. The number of aromatic hydroxyl groups is 2. The van der Waals surface area contributed by atoms with Gasteiger partial charge in [0.25, 0.3) is 5.69 Å². The van der Waals surface area contributed by atoms with Crippen LogP contribution >= 0.6 is 0 Å². The first-order valence-electron chi connectivity index (χ1n) is 7.74. The first kappa shape index (κ1) is 17.1. The van der Waals surface area contributed by atoms with Crippen molar-refractivity contribution in [2.75, 3.05) is 0 Å². The molecule has 7 heteroatoms. The van der Waals surface area contributed by atoms with Crippen LogP contribution in [0.25, 0.3) is 11.1 Å². The van der Waals surface area contributed by atoms with Crippen molar-refractivity contribution >= 4 is 17.1 Å². The van der Waals surface area contributed by atoms with Crippen LogP contribution in [-0.4, -0.2) is 15.1 Å². The number of phenolic OH excluding ortho intramolecular Hbond substituents is 2. The molecule has 0 atom stereocenters. The van der Waals surface area contributed by atoms with Gasteiger partial charge in [-0.3, -0.25) is 10.1 Å². The summed E-state index contributed by atoms with van der Waals surface area (Å²) in [6.45, 7) is 1.76. The second kappa shape index (κ2) is 7.02. The Hall–Kier alpha value is -3.74. The molecule has 2 N–H and O–H groups in total. The highest BCUT2D eigenvalue weighted by molar-refractivity contribution is 5.80. The Morgan fingerprint density at radius 3 is 2.35 bits per heavy atom. The Kier molecular flexibility index (Phi) is 4.62.